The maximum Gasteiger partial charge on any atom is 0.323 e. The van der Waals surface area contributed by atoms with Crippen LogP contribution in [0.15, 0.2) is 91.3 Å². The number of aromatic nitrogens is 1. The average Bonchev–Trinajstić information content (AvgIpc) is 3.17. The lowest BCUT2D eigenvalue weighted by atomic mass is 9.89. The molecule has 0 aliphatic heterocycles. The summed E-state index contributed by atoms with van der Waals surface area (Å²) in [6.45, 7) is 5.90. The topological polar surface area (TPSA) is 137 Å². The smallest absolute Gasteiger partial charge is 0.323 e. The van der Waals surface area contributed by atoms with Crippen molar-refractivity contribution in [3.63, 3.8) is 0 Å². The molecule has 1 atom stereocenters. The van der Waals surface area contributed by atoms with Crippen LogP contribution in [-0.2, 0) is 31.1 Å². The summed E-state index contributed by atoms with van der Waals surface area (Å²) in [5.41, 5.74) is 10.8. The number of aliphatic hydroxyl groups excluding tert-OH is 1. The average molecular weight is 751 g/mol. The fraction of sp³-hybridized carbons (Fsp3) is 0.262. The first kappa shape index (κ1) is 39.3. The second-order valence-corrected chi connectivity index (χ2v) is 13.9. The molecule has 9 nitrogen and oxygen atoms in total. The molecule has 53 heavy (non-hydrogen) atoms. The van der Waals surface area contributed by atoms with Gasteiger partial charge in [0, 0.05) is 55.0 Å². The second-order valence-electron chi connectivity index (χ2n) is 12.5. The summed E-state index contributed by atoms with van der Waals surface area (Å²) >= 11 is 8.56. The zero-order valence-corrected chi connectivity index (χ0v) is 31.6. The summed E-state index contributed by atoms with van der Waals surface area (Å²) in [6, 6.07) is 27.3. The van der Waals surface area contributed by atoms with Crippen LogP contribution in [0.3, 0.4) is 0 Å². The first-order valence-electron chi connectivity index (χ1n) is 17.2. The van der Waals surface area contributed by atoms with E-state index in [2.05, 4.69) is 90.3 Å². The van der Waals surface area contributed by atoms with Gasteiger partial charge in [-0.1, -0.05) is 72.3 Å². The molecule has 0 amide bonds. The fourth-order valence-electron chi connectivity index (χ4n) is 5.95. The molecule has 0 fully saturated rings. The molecule has 274 valence electrons. The van der Waals surface area contributed by atoms with Crippen LogP contribution in [0.4, 0.5) is 0 Å². The molecule has 1 heterocycles. The number of rotatable bonds is 18. The van der Waals surface area contributed by atoms with Crippen molar-refractivity contribution in [1.82, 2.24) is 15.6 Å². The number of nitrogens with one attached hydrogen (secondary N) is 2. The maximum atomic E-state index is 11.5. The second kappa shape index (κ2) is 19.3. The Balaban J connectivity index is 1.36. The number of nitriles is 1. The first-order chi connectivity index (χ1) is 25.7. The van der Waals surface area contributed by atoms with E-state index in [0.717, 1.165) is 41.1 Å². The van der Waals surface area contributed by atoms with Crippen molar-refractivity contribution in [3.05, 3.63) is 135 Å². The summed E-state index contributed by atoms with van der Waals surface area (Å²) in [5, 5.41) is 34.8. The van der Waals surface area contributed by atoms with Gasteiger partial charge >= 0.3 is 5.97 Å². The first-order valence-corrected chi connectivity index (χ1v) is 19.0. The number of carbonyl (C=O) groups is 1. The number of nitrogens with zero attached hydrogens (tertiary/aromatic N) is 2. The number of halogens is 1. The van der Waals surface area contributed by atoms with Gasteiger partial charge in [0.05, 0.1) is 17.2 Å². The van der Waals surface area contributed by atoms with Crippen LogP contribution < -0.4 is 20.1 Å². The Kier molecular flexibility index (Phi) is 14.3. The Labute approximate surface area is 320 Å². The predicted molar refractivity (Wildman–Crippen MR) is 211 cm³/mol. The van der Waals surface area contributed by atoms with Gasteiger partial charge in [0.25, 0.3) is 0 Å². The zero-order chi connectivity index (χ0) is 37.7. The largest absolute Gasteiger partial charge is 0.488 e. The summed E-state index contributed by atoms with van der Waals surface area (Å²) in [7, 11) is 0. The van der Waals surface area contributed by atoms with Crippen LogP contribution in [-0.4, -0.2) is 52.4 Å². The van der Waals surface area contributed by atoms with Crippen molar-refractivity contribution in [2.24, 2.45) is 0 Å². The third-order valence-corrected chi connectivity index (χ3v) is 9.89. The van der Waals surface area contributed by atoms with E-state index >= 15 is 0 Å². The van der Waals surface area contributed by atoms with Crippen molar-refractivity contribution in [2.75, 3.05) is 25.2 Å². The number of thioether (sulfide) groups is 1. The molecule has 0 radical (unpaired) electrons. The lowest BCUT2D eigenvalue weighted by Gasteiger charge is -2.19. The summed E-state index contributed by atoms with van der Waals surface area (Å²) < 4.78 is 12.5. The summed E-state index contributed by atoms with van der Waals surface area (Å²) in [5.74, 6) is 0.700. The molecule has 5 rings (SSSR count). The highest BCUT2D eigenvalue weighted by atomic mass is 35.5. The molecule has 0 saturated carbocycles. The molecule has 4 aromatic carbocycles. The third kappa shape index (κ3) is 10.4. The van der Waals surface area contributed by atoms with E-state index in [0.29, 0.717) is 33.2 Å². The van der Waals surface area contributed by atoms with E-state index in [9.17, 15) is 20.3 Å². The van der Waals surface area contributed by atoms with Crippen molar-refractivity contribution in [2.45, 2.75) is 46.2 Å². The molecule has 0 aliphatic rings. The Morgan fingerprint density at radius 3 is 2.32 bits per heavy atom. The van der Waals surface area contributed by atoms with E-state index in [-0.39, 0.29) is 19.8 Å². The molecule has 0 aliphatic carbocycles. The van der Waals surface area contributed by atoms with Crippen LogP contribution in [0.2, 0.25) is 5.02 Å². The molecule has 1 aromatic heterocycles. The monoisotopic (exact) mass is 750 g/mol. The molecular weight excluding hydrogens is 708 g/mol. The van der Waals surface area contributed by atoms with Crippen molar-refractivity contribution < 1.29 is 24.5 Å². The number of hydrogen-bond acceptors (Lipinski definition) is 9. The number of ether oxygens (including phenoxy) is 2. The number of carboxylic acids is 1. The van der Waals surface area contributed by atoms with E-state index in [1.54, 1.807) is 24.4 Å². The zero-order valence-electron chi connectivity index (χ0n) is 30.0. The van der Waals surface area contributed by atoms with Crippen LogP contribution in [0.1, 0.15) is 38.9 Å². The normalized spacial score (nSPS) is 11.5. The highest BCUT2D eigenvalue weighted by molar-refractivity contribution is 7.98. The number of pyridine rings is 1. The van der Waals surface area contributed by atoms with Gasteiger partial charge in [-0.25, -0.2) is 0 Å². The summed E-state index contributed by atoms with van der Waals surface area (Å²) in [6.07, 6.45) is 5.19. The number of benzene rings is 4. The van der Waals surface area contributed by atoms with Gasteiger partial charge in [0.1, 0.15) is 36.8 Å². The molecule has 1 unspecified atom stereocenters. The Hall–Kier alpha value is -4.89. The van der Waals surface area contributed by atoms with E-state index in [4.69, 9.17) is 21.1 Å². The van der Waals surface area contributed by atoms with Crippen molar-refractivity contribution in [1.29, 1.82) is 5.26 Å². The maximum absolute atomic E-state index is 11.5. The van der Waals surface area contributed by atoms with Gasteiger partial charge in [-0.3, -0.25) is 15.1 Å². The fourth-order valence-corrected chi connectivity index (χ4v) is 6.54. The lowest BCUT2D eigenvalue weighted by Crippen LogP contribution is -2.39. The molecule has 0 saturated heterocycles. The van der Waals surface area contributed by atoms with Gasteiger partial charge in [-0.15, -0.1) is 0 Å². The Morgan fingerprint density at radius 1 is 0.887 bits per heavy atom. The molecule has 0 bridgehead atoms. The molecule has 4 N–H and O–H groups in total. The van der Waals surface area contributed by atoms with Crippen LogP contribution in [0, 0.1) is 25.2 Å². The standard InChI is InChI=1S/C42H43ClN4O5S/c1-27-33(6-4-8-36(27)37-9-5-7-35(28(37)2)32-12-10-29(11-13-32)20-45-14-15-53-3)26-52-41-18-40(51-25-31-16-30(19-44)21-46-22-31)34(17-38(41)43)23-47-39(24-48)42(49)50/h4-13,16-18,21-22,39,45,47-48H,14-15,20,23-26H2,1-3H3,(H,49,50). The van der Waals surface area contributed by atoms with Crippen LogP contribution in [0.5, 0.6) is 11.5 Å². The Morgan fingerprint density at radius 2 is 1.60 bits per heavy atom. The number of carboxylic acid groups (broad SMARTS) is 1. The van der Waals surface area contributed by atoms with Gasteiger partial charge in [-0.2, -0.15) is 17.0 Å². The van der Waals surface area contributed by atoms with Gasteiger partial charge in [0.15, 0.2) is 0 Å². The van der Waals surface area contributed by atoms with E-state index in [1.807, 2.05) is 23.9 Å². The van der Waals surface area contributed by atoms with Gasteiger partial charge in [0.2, 0.25) is 0 Å². The molecule has 5 aromatic rings. The number of hydrogen-bond donors (Lipinski definition) is 4. The molecular formula is C42H43ClN4O5S. The molecule has 0 spiro atoms. The number of aliphatic hydroxyl groups is 1. The summed E-state index contributed by atoms with van der Waals surface area (Å²) in [4.78, 5) is 15.6. The van der Waals surface area contributed by atoms with Gasteiger partial charge < -0.3 is 25.0 Å². The minimum Gasteiger partial charge on any atom is -0.488 e. The minimum absolute atomic E-state index is 0.0582. The quantitative estimate of drug-likeness (QED) is 0.0660. The SMILES string of the molecule is CSCCNCc1ccc(-c2cccc(-c3cccc(COc4cc(OCc5cncc(C#N)c5)c(CNC(CO)C(=O)O)cc4Cl)c3C)c2C)cc1. The molecule has 11 heteroatoms. The van der Waals surface area contributed by atoms with Crippen molar-refractivity contribution >= 4 is 29.3 Å². The minimum atomic E-state index is -1.18. The van der Waals surface area contributed by atoms with Gasteiger partial charge in [-0.05, 0) is 76.7 Å². The van der Waals surface area contributed by atoms with Crippen LogP contribution >= 0.6 is 23.4 Å². The predicted octanol–water partition coefficient (Wildman–Crippen LogP) is 7.70. The highest BCUT2D eigenvalue weighted by Gasteiger charge is 2.19. The highest BCUT2D eigenvalue weighted by Crippen LogP contribution is 2.37. The Bertz CT molecular complexity index is 2070. The number of aliphatic carboxylic acids is 1. The van der Waals surface area contributed by atoms with Crippen molar-refractivity contribution in [3.8, 4) is 39.8 Å². The van der Waals surface area contributed by atoms with E-state index in [1.165, 1.54) is 28.5 Å². The third-order valence-electron chi connectivity index (χ3n) is 8.98. The van der Waals surface area contributed by atoms with Crippen LogP contribution in [0.25, 0.3) is 22.3 Å². The van der Waals surface area contributed by atoms with E-state index < -0.39 is 18.6 Å². The lowest BCUT2D eigenvalue weighted by molar-refractivity contribution is -0.140.